The third kappa shape index (κ3) is 6.95. The highest BCUT2D eigenvalue weighted by Crippen LogP contribution is 2.52. The van der Waals surface area contributed by atoms with Crippen molar-refractivity contribution in [2.45, 2.75) is 0 Å². The molecule has 7 nitrogen and oxygen atoms in total. The molecule has 0 bridgehead atoms. The van der Waals surface area contributed by atoms with Crippen LogP contribution in [0.3, 0.4) is 0 Å². The maximum atomic E-state index is 6.12. The lowest BCUT2D eigenvalue weighted by Crippen LogP contribution is -2.08. The first-order valence-electron chi connectivity index (χ1n) is 30.4. The molecule has 0 N–H and O–H groups in total. The molecule has 9 heteroatoms. The molecule has 0 atom stereocenters. The SMILES string of the molecule is c1ccc(-c2nc(-c3cc(-n4c5ccccc5c5ccccc54)c4c(sc5ccccc54)c3-n3c4ccccc4c4ccccc43)nc(-c3cc(-n4c5ccccc5c5ccccc54)c4c(sc5ccccc54)c3-n3c4ccccc4c4ccccc43)n2)cc1. The second-order valence-corrected chi connectivity index (χ2v) is 25.4. The van der Waals surface area contributed by atoms with E-state index < -0.39 is 0 Å². The van der Waals surface area contributed by atoms with Crippen molar-refractivity contribution in [1.82, 2.24) is 33.2 Å². The van der Waals surface area contributed by atoms with Crippen molar-refractivity contribution < 1.29 is 0 Å². The van der Waals surface area contributed by atoms with Crippen LogP contribution in [0.2, 0.25) is 0 Å². The molecule has 20 rings (SSSR count). The summed E-state index contributed by atoms with van der Waals surface area (Å²) in [7, 11) is 0. The summed E-state index contributed by atoms with van der Waals surface area (Å²) in [6, 6.07) is 104. The molecule has 0 spiro atoms. The van der Waals surface area contributed by atoms with Gasteiger partial charge in [0.05, 0.1) is 76.3 Å². The van der Waals surface area contributed by atoms with Crippen molar-refractivity contribution in [2.75, 3.05) is 0 Å². The van der Waals surface area contributed by atoms with Gasteiger partial charge in [-0.15, -0.1) is 22.7 Å². The minimum absolute atomic E-state index is 0.556. The van der Waals surface area contributed by atoms with Crippen LogP contribution in [0.5, 0.6) is 0 Å². The van der Waals surface area contributed by atoms with E-state index in [1.54, 1.807) is 0 Å². The van der Waals surface area contributed by atoms with Gasteiger partial charge in [0.15, 0.2) is 17.5 Å². The van der Waals surface area contributed by atoms with Crippen LogP contribution < -0.4 is 0 Å². The highest BCUT2D eigenvalue weighted by Gasteiger charge is 2.31. The number of rotatable bonds is 7. The molecule has 0 radical (unpaired) electrons. The van der Waals surface area contributed by atoms with Gasteiger partial charge in [-0.3, -0.25) is 0 Å². The number of aromatic nitrogens is 7. The largest absolute Gasteiger partial charge is 0.309 e. The van der Waals surface area contributed by atoms with Crippen LogP contribution in [-0.2, 0) is 0 Å². The van der Waals surface area contributed by atoms with E-state index in [1.165, 1.54) is 74.0 Å². The first-order valence-corrected chi connectivity index (χ1v) is 32.1. The molecule has 7 aromatic heterocycles. The van der Waals surface area contributed by atoms with Crippen LogP contribution in [0.1, 0.15) is 0 Å². The monoisotopic (exact) mass is 1180 g/mol. The van der Waals surface area contributed by atoms with E-state index in [0.29, 0.717) is 17.5 Å². The Balaban J connectivity index is 1.00. The highest BCUT2D eigenvalue weighted by atomic mass is 32.1. The van der Waals surface area contributed by atoms with Crippen molar-refractivity contribution in [2.24, 2.45) is 0 Å². The zero-order valence-electron chi connectivity index (χ0n) is 48.1. The minimum atomic E-state index is 0.556. The quantitative estimate of drug-likeness (QED) is 0.160. The fraction of sp³-hybridized carbons (Fsp3) is 0. The average molecular weight is 1180 g/mol. The molecular weight excluding hydrogens is 1140 g/mol. The normalized spacial score (nSPS) is 12.2. The van der Waals surface area contributed by atoms with Gasteiger partial charge in [0.25, 0.3) is 0 Å². The average Bonchev–Trinajstić information content (AvgIpc) is 1.53. The molecule has 0 amide bonds. The van der Waals surface area contributed by atoms with Crippen LogP contribution in [0.15, 0.2) is 285 Å². The number of fused-ring (bicyclic) bond motifs is 18. The van der Waals surface area contributed by atoms with Gasteiger partial charge in [0.1, 0.15) is 0 Å². The Labute approximate surface area is 522 Å². The van der Waals surface area contributed by atoms with Crippen LogP contribution in [0.25, 0.3) is 184 Å². The lowest BCUT2D eigenvalue weighted by Gasteiger charge is -2.21. The predicted molar refractivity (Wildman–Crippen MR) is 379 cm³/mol. The summed E-state index contributed by atoms with van der Waals surface area (Å²) in [6.45, 7) is 0. The van der Waals surface area contributed by atoms with Crippen molar-refractivity contribution in [3.8, 4) is 56.9 Å². The smallest absolute Gasteiger partial charge is 0.166 e. The number of nitrogens with zero attached hydrogens (tertiary/aromatic N) is 7. The fourth-order valence-electron chi connectivity index (χ4n) is 14.9. The standard InChI is InChI=1S/C81H47N7S2/c1-2-24-48(25-3-1)79-82-80(59-46-69(85-61-36-14-4-26-49(61)50-27-5-15-37-62(50)85)73-57-34-12-22-44-71(57)89-77(73)75(59)87-65-40-18-8-30-53(65)54-31-9-19-41-66(54)87)84-81(83-79)60-47-70(86-63-38-16-6-28-51(63)52-29-7-17-39-64(52)86)74-58-35-13-23-45-72(58)90-78(74)76(60)88-67-42-20-10-32-55(67)56-33-11-21-43-68(56)88/h1-47H. The van der Waals surface area contributed by atoms with Gasteiger partial charge in [0.2, 0.25) is 0 Å². The van der Waals surface area contributed by atoms with Gasteiger partial charge in [-0.1, -0.05) is 212 Å². The topological polar surface area (TPSA) is 58.4 Å². The van der Waals surface area contributed by atoms with Crippen molar-refractivity contribution >= 4 is 150 Å². The number of hydrogen-bond donors (Lipinski definition) is 0. The summed E-state index contributed by atoms with van der Waals surface area (Å²) < 4.78 is 14.6. The van der Waals surface area contributed by atoms with Gasteiger partial charge < -0.3 is 18.3 Å². The van der Waals surface area contributed by atoms with Gasteiger partial charge in [0, 0.05) is 90.7 Å². The third-order valence-electron chi connectivity index (χ3n) is 18.6. The van der Waals surface area contributed by atoms with Gasteiger partial charge in [-0.25, -0.2) is 15.0 Å². The first kappa shape index (κ1) is 49.6. The van der Waals surface area contributed by atoms with Crippen LogP contribution >= 0.6 is 22.7 Å². The zero-order chi connectivity index (χ0) is 58.7. The number of benzene rings is 13. The van der Waals surface area contributed by atoms with Crippen molar-refractivity contribution in [3.63, 3.8) is 0 Å². The van der Waals surface area contributed by atoms with Gasteiger partial charge in [-0.2, -0.15) is 0 Å². The van der Waals surface area contributed by atoms with E-state index in [-0.39, 0.29) is 0 Å². The molecular formula is C81H47N7S2. The Morgan fingerprint density at radius 2 is 0.489 bits per heavy atom. The molecule has 0 aliphatic carbocycles. The van der Waals surface area contributed by atoms with Crippen LogP contribution in [0, 0.1) is 0 Å². The number of para-hydroxylation sites is 8. The van der Waals surface area contributed by atoms with E-state index in [2.05, 4.69) is 303 Å². The summed E-state index contributed by atoms with van der Waals surface area (Å²) in [6.07, 6.45) is 0. The van der Waals surface area contributed by atoms with Gasteiger partial charge >= 0.3 is 0 Å². The fourth-order valence-corrected chi connectivity index (χ4v) is 17.4. The second-order valence-electron chi connectivity index (χ2n) is 23.3. The summed E-state index contributed by atoms with van der Waals surface area (Å²) in [5, 5.41) is 14.2. The van der Waals surface area contributed by atoms with Crippen molar-refractivity contribution in [3.05, 3.63) is 285 Å². The summed E-state index contributed by atoms with van der Waals surface area (Å²) in [5.74, 6) is 1.68. The molecule has 0 saturated heterocycles. The molecule has 90 heavy (non-hydrogen) atoms. The first-order chi connectivity index (χ1) is 44.7. The Morgan fingerprint density at radius 1 is 0.233 bits per heavy atom. The van der Waals surface area contributed by atoms with Crippen LogP contribution in [0.4, 0.5) is 0 Å². The predicted octanol–water partition coefficient (Wildman–Crippen LogP) is 22.0. The van der Waals surface area contributed by atoms with Crippen molar-refractivity contribution in [1.29, 1.82) is 0 Å². The van der Waals surface area contributed by atoms with E-state index in [1.807, 2.05) is 22.7 Å². The molecule has 13 aromatic carbocycles. The number of hydrogen-bond acceptors (Lipinski definition) is 5. The second kappa shape index (κ2) is 19.0. The molecule has 0 unspecified atom stereocenters. The maximum absolute atomic E-state index is 6.12. The Hall–Kier alpha value is -11.5. The third-order valence-corrected chi connectivity index (χ3v) is 21.0. The highest BCUT2D eigenvalue weighted by molar-refractivity contribution is 7.26. The molecule has 0 aliphatic heterocycles. The minimum Gasteiger partial charge on any atom is -0.309 e. The van der Waals surface area contributed by atoms with E-state index in [4.69, 9.17) is 15.0 Å². The van der Waals surface area contributed by atoms with E-state index in [9.17, 15) is 0 Å². The molecule has 0 aliphatic rings. The molecule has 7 heterocycles. The Morgan fingerprint density at radius 3 is 0.811 bits per heavy atom. The zero-order valence-corrected chi connectivity index (χ0v) is 49.7. The Bertz CT molecular complexity index is 5850. The molecule has 0 saturated carbocycles. The molecule has 0 fully saturated rings. The van der Waals surface area contributed by atoms with Gasteiger partial charge in [-0.05, 0) is 72.8 Å². The molecule has 20 aromatic rings. The Kier molecular flexibility index (Phi) is 10.5. The van der Waals surface area contributed by atoms with Crippen LogP contribution in [-0.4, -0.2) is 33.2 Å². The van der Waals surface area contributed by atoms with E-state index in [0.717, 1.165) is 93.0 Å². The summed E-state index contributed by atoms with van der Waals surface area (Å²) in [4.78, 5) is 17.8. The number of thiophene rings is 2. The summed E-state index contributed by atoms with van der Waals surface area (Å²) >= 11 is 3.67. The summed E-state index contributed by atoms with van der Waals surface area (Å²) in [5.41, 5.74) is 15.6. The molecule has 418 valence electrons. The maximum Gasteiger partial charge on any atom is 0.166 e. The van der Waals surface area contributed by atoms with E-state index >= 15 is 0 Å². The lowest BCUT2D eigenvalue weighted by molar-refractivity contribution is 1.06. The lowest BCUT2D eigenvalue weighted by atomic mass is 10.0.